The second-order valence-electron chi connectivity index (χ2n) is 4.30. The highest BCUT2D eigenvalue weighted by Gasteiger charge is 2.08. The summed E-state index contributed by atoms with van der Waals surface area (Å²) < 4.78 is 5.31. The fourth-order valence-corrected chi connectivity index (χ4v) is 1.87. The summed E-state index contributed by atoms with van der Waals surface area (Å²) in [6, 6.07) is 10.1. The smallest absolute Gasteiger partial charge is 0.262 e. The molecule has 108 valence electrons. The molecule has 2 aromatic rings. The lowest BCUT2D eigenvalue weighted by Gasteiger charge is -2.09. The maximum absolute atomic E-state index is 11.8. The van der Waals surface area contributed by atoms with Crippen molar-refractivity contribution in [3.8, 4) is 5.75 Å². The number of nitrogens with zero attached hydrogens (tertiary/aromatic N) is 1. The van der Waals surface area contributed by atoms with Gasteiger partial charge in [-0.1, -0.05) is 17.7 Å². The Bertz CT molecular complexity index is 674. The normalized spacial score (nSPS) is 10.0. The van der Waals surface area contributed by atoms with Crippen molar-refractivity contribution in [2.75, 3.05) is 11.9 Å². The van der Waals surface area contributed by atoms with Crippen molar-refractivity contribution in [3.05, 3.63) is 52.8 Å². The number of anilines is 1. The van der Waals surface area contributed by atoms with E-state index in [9.17, 15) is 9.59 Å². The number of amides is 1. The lowest BCUT2D eigenvalue weighted by molar-refractivity contribution is -0.118. The zero-order valence-electron chi connectivity index (χ0n) is 11.3. The minimum Gasteiger partial charge on any atom is -0.481 e. The summed E-state index contributed by atoms with van der Waals surface area (Å²) in [4.78, 5) is 26.7. The molecule has 1 aromatic carbocycles. The predicted octanol–water partition coefficient (Wildman–Crippen LogP) is 2.87. The van der Waals surface area contributed by atoms with Crippen molar-refractivity contribution in [1.29, 1.82) is 0 Å². The van der Waals surface area contributed by atoms with Gasteiger partial charge in [-0.3, -0.25) is 9.59 Å². The molecule has 1 N–H and O–H groups in total. The molecule has 0 fully saturated rings. The van der Waals surface area contributed by atoms with Crippen molar-refractivity contribution >= 4 is 29.5 Å². The molecule has 0 spiro atoms. The van der Waals surface area contributed by atoms with Gasteiger partial charge in [-0.15, -0.1) is 0 Å². The quantitative estimate of drug-likeness (QED) is 0.862. The lowest BCUT2D eigenvalue weighted by atomic mass is 10.3. The molecule has 1 heterocycles. The third-order valence-corrected chi connectivity index (χ3v) is 2.84. The van der Waals surface area contributed by atoms with Gasteiger partial charge in [0.25, 0.3) is 5.91 Å². The molecular weight excluding hydrogens is 292 g/mol. The third-order valence-electron chi connectivity index (χ3n) is 2.60. The number of aryl methyl sites for hydroxylation is 1. The average Bonchev–Trinajstić information content (AvgIpc) is 2.45. The van der Waals surface area contributed by atoms with Gasteiger partial charge in [0.15, 0.2) is 12.9 Å². The molecule has 0 atom stereocenters. The number of halogens is 1. The molecule has 1 aromatic heterocycles. The maximum atomic E-state index is 11.8. The van der Waals surface area contributed by atoms with Crippen LogP contribution in [0.1, 0.15) is 16.2 Å². The van der Waals surface area contributed by atoms with E-state index < -0.39 is 0 Å². The summed E-state index contributed by atoms with van der Waals surface area (Å²) in [7, 11) is 0. The average molecular weight is 305 g/mol. The molecule has 0 saturated heterocycles. The van der Waals surface area contributed by atoms with Crippen LogP contribution in [0.3, 0.4) is 0 Å². The van der Waals surface area contributed by atoms with Gasteiger partial charge in [0.05, 0.1) is 0 Å². The monoisotopic (exact) mass is 304 g/mol. The zero-order chi connectivity index (χ0) is 15.2. The van der Waals surface area contributed by atoms with E-state index in [1.807, 2.05) is 0 Å². The van der Waals surface area contributed by atoms with E-state index in [-0.39, 0.29) is 24.0 Å². The van der Waals surface area contributed by atoms with E-state index in [1.54, 1.807) is 43.3 Å². The number of benzene rings is 1. The molecule has 2 rings (SSSR count). The Balaban J connectivity index is 1.97. The Morgan fingerprint density at radius 3 is 2.90 bits per heavy atom. The first-order chi connectivity index (χ1) is 10.1. The molecular formula is C15H13ClN2O3. The SMILES string of the molecule is Cc1ccc(OCC(=O)Nc2cccc(Cl)c2)c(C=O)n1. The van der Waals surface area contributed by atoms with Crippen LogP contribution in [-0.4, -0.2) is 23.8 Å². The van der Waals surface area contributed by atoms with Gasteiger partial charge in [0.1, 0.15) is 11.4 Å². The fraction of sp³-hybridized carbons (Fsp3) is 0.133. The molecule has 21 heavy (non-hydrogen) atoms. The molecule has 0 unspecified atom stereocenters. The Morgan fingerprint density at radius 2 is 2.19 bits per heavy atom. The van der Waals surface area contributed by atoms with Crippen molar-refractivity contribution in [2.45, 2.75) is 6.92 Å². The van der Waals surface area contributed by atoms with Gasteiger partial charge >= 0.3 is 0 Å². The topological polar surface area (TPSA) is 68.3 Å². The van der Waals surface area contributed by atoms with E-state index in [1.165, 1.54) is 0 Å². The zero-order valence-corrected chi connectivity index (χ0v) is 12.1. The Morgan fingerprint density at radius 1 is 1.38 bits per heavy atom. The second-order valence-corrected chi connectivity index (χ2v) is 4.74. The fourth-order valence-electron chi connectivity index (χ4n) is 1.68. The first-order valence-electron chi connectivity index (χ1n) is 6.19. The number of hydrogen-bond donors (Lipinski definition) is 1. The molecule has 0 saturated carbocycles. The number of rotatable bonds is 5. The summed E-state index contributed by atoms with van der Waals surface area (Å²) >= 11 is 5.83. The number of ether oxygens (including phenoxy) is 1. The molecule has 0 aliphatic carbocycles. The van der Waals surface area contributed by atoms with Gasteiger partial charge < -0.3 is 10.1 Å². The van der Waals surface area contributed by atoms with Crippen molar-refractivity contribution in [2.24, 2.45) is 0 Å². The van der Waals surface area contributed by atoms with Crippen LogP contribution in [0.4, 0.5) is 5.69 Å². The van der Waals surface area contributed by atoms with Crippen LogP contribution in [0.2, 0.25) is 5.02 Å². The van der Waals surface area contributed by atoms with Crippen LogP contribution >= 0.6 is 11.6 Å². The van der Waals surface area contributed by atoms with E-state index in [0.717, 1.165) is 0 Å². The number of carbonyl (C=O) groups excluding carboxylic acids is 2. The highest BCUT2D eigenvalue weighted by atomic mass is 35.5. The van der Waals surface area contributed by atoms with E-state index in [0.29, 0.717) is 22.7 Å². The maximum Gasteiger partial charge on any atom is 0.262 e. The molecule has 1 amide bonds. The summed E-state index contributed by atoms with van der Waals surface area (Å²) in [6.45, 7) is 1.54. The molecule has 0 radical (unpaired) electrons. The molecule has 5 nitrogen and oxygen atoms in total. The van der Waals surface area contributed by atoms with Gasteiger partial charge in [0.2, 0.25) is 0 Å². The van der Waals surface area contributed by atoms with Crippen molar-refractivity contribution in [3.63, 3.8) is 0 Å². The Hall–Kier alpha value is -2.40. The van der Waals surface area contributed by atoms with E-state index in [2.05, 4.69) is 10.3 Å². The first-order valence-corrected chi connectivity index (χ1v) is 6.57. The standard InChI is InChI=1S/C15H13ClN2O3/c1-10-5-6-14(13(8-19)17-10)21-9-15(20)18-12-4-2-3-11(16)7-12/h2-8H,9H2,1H3,(H,18,20). The first kappa shape index (κ1) is 15.0. The van der Waals surface area contributed by atoms with Gasteiger partial charge in [-0.05, 0) is 37.3 Å². The molecule has 0 aliphatic rings. The molecule has 6 heteroatoms. The van der Waals surface area contributed by atoms with Crippen LogP contribution in [0.5, 0.6) is 5.75 Å². The van der Waals surface area contributed by atoms with Crippen molar-refractivity contribution < 1.29 is 14.3 Å². The molecule has 0 aliphatic heterocycles. The Labute approximate surface area is 126 Å². The van der Waals surface area contributed by atoms with Gasteiger partial charge in [-0.2, -0.15) is 0 Å². The third kappa shape index (κ3) is 4.29. The highest BCUT2D eigenvalue weighted by Crippen LogP contribution is 2.16. The van der Waals surface area contributed by atoms with Crippen LogP contribution in [0.15, 0.2) is 36.4 Å². The Kier molecular flexibility index (Phi) is 4.90. The van der Waals surface area contributed by atoms with Crippen LogP contribution < -0.4 is 10.1 Å². The van der Waals surface area contributed by atoms with Crippen molar-refractivity contribution in [1.82, 2.24) is 4.98 Å². The molecule has 0 bridgehead atoms. The van der Waals surface area contributed by atoms with Crippen LogP contribution in [0, 0.1) is 6.92 Å². The minimum absolute atomic E-state index is 0.172. The minimum atomic E-state index is -0.352. The van der Waals surface area contributed by atoms with Gasteiger partial charge in [-0.25, -0.2) is 4.98 Å². The van der Waals surface area contributed by atoms with Gasteiger partial charge in [0, 0.05) is 16.4 Å². The highest BCUT2D eigenvalue weighted by molar-refractivity contribution is 6.30. The summed E-state index contributed by atoms with van der Waals surface area (Å²) in [6.07, 6.45) is 0.594. The second kappa shape index (κ2) is 6.85. The van der Waals surface area contributed by atoms with E-state index in [4.69, 9.17) is 16.3 Å². The number of nitrogens with one attached hydrogen (secondary N) is 1. The largest absolute Gasteiger partial charge is 0.481 e. The summed E-state index contributed by atoms with van der Waals surface area (Å²) in [5.74, 6) is -0.0773. The number of pyridine rings is 1. The number of hydrogen-bond acceptors (Lipinski definition) is 4. The predicted molar refractivity (Wildman–Crippen MR) is 79.9 cm³/mol. The summed E-state index contributed by atoms with van der Waals surface area (Å²) in [5, 5.41) is 3.17. The van der Waals surface area contributed by atoms with Crippen LogP contribution in [0.25, 0.3) is 0 Å². The van der Waals surface area contributed by atoms with Crippen LogP contribution in [-0.2, 0) is 4.79 Å². The lowest BCUT2D eigenvalue weighted by Crippen LogP contribution is -2.20. The number of carbonyl (C=O) groups is 2. The number of aldehydes is 1. The number of aromatic nitrogens is 1. The van der Waals surface area contributed by atoms with E-state index >= 15 is 0 Å². The summed E-state index contributed by atoms with van der Waals surface area (Å²) in [5.41, 5.74) is 1.45.